The Balaban J connectivity index is 1.73. The third-order valence-corrected chi connectivity index (χ3v) is 6.05. The van der Waals surface area contributed by atoms with Gasteiger partial charge in [-0.1, -0.05) is 75.4 Å². The number of aliphatic hydroxyl groups is 1. The maximum Gasteiger partial charge on any atom is 0.295 e. The van der Waals surface area contributed by atoms with E-state index in [-0.39, 0.29) is 16.7 Å². The summed E-state index contributed by atoms with van der Waals surface area (Å²) in [4.78, 5) is 31.8. The number of likely N-dealkylation sites (tertiary alicyclic amines) is 1. The summed E-state index contributed by atoms with van der Waals surface area (Å²) in [5, 5.41) is 11.1. The number of Topliss-reactive ketones (excluding diaryl/α,β-unsaturated/α-hetero) is 1. The minimum absolute atomic E-state index is 0.0187. The third-order valence-electron chi connectivity index (χ3n) is 6.05. The molecule has 2 aromatic carbocycles. The van der Waals surface area contributed by atoms with Gasteiger partial charge in [-0.05, 0) is 23.0 Å². The van der Waals surface area contributed by atoms with Crippen LogP contribution in [0.3, 0.4) is 0 Å². The van der Waals surface area contributed by atoms with Gasteiger partial charge in [0.1, 0.15) is 5.76 Å². The van der Waals surface area contributed by atoms with Crippen molar-refractivity contribution in [3.63, 3.8) is 0 Å². The molecule has 170 valence electrons. The summed E-state index contributed by atoms with van der Waals surface area (Å²) in [6, 6.07) is 16.2. The molecule has 1 fully saturated rings. The molecule has 0 saturated carbocycles. The molecule has 4 rings (SSSR count). The van der Waals surface area contributed by atoms with Crippen molar-refractivity contribution < 1.29 is 14.7 Å². The zero-order chi connectivity index (χ0) is 23.6. The fourth-order valence-electron chi connectivity index (χ4n) is 4.22. The minimum Gasteiger partial charge on any atom is -0.507 e. The maximum atomic E-state index is 13.1. The van der Waals surface area contributed by atoms with Crippen LogP contribution in [-0.2, 0) is 21.5 Å². The van der Waals surface area contributed by atoms with E-state index in [2.05, 4.69) is 25.8 Å². The Kier molecular flexibility index (Phi) is 6.18. The van der Waals surface area contributed by atoms with Crippen molar-refractivity contribution in [3.05, 3.63) is 95.6 Å². The molecule has 0 aliphatic carbocycles. The fraction of sp³-hybridized carbons (Fsp3) is 0.296. The molecule has 0 bridgehead atoms. The number of hydrogen-bond acceptors (Lipinski definition) is 4. The highest BCUT2D eigenvalue weighted by atomic mass is 16.3. The van der Waals surface area contributed by atoms with Gasteiger partial charge in [-0.3, -0.25) is 9.59 Å². The van der Waals surface area contributed by atoms with E-state index >= 15 is 0 Å². The summed E-state index contributed by atoms with van der Waals surface area (Å²) in [5.74, 6) is -1.37. The molecule has 1 aliphatic rings. The fourth-order valence-corrected chi connectivity index (χ4v) is 4.22. The molecule has 1 amide bonds. The van der Waals surface area contributed by atoms with Crippen LogP contribution in [0.15, 0.2) is 78.9 Å². The normalized spacial score (nSPS) is 18.2. The van der Waals surface area contributed by atoms with Gasteiger partial charge in [0.05, 0.1) is 17.9 Å². The number of rotatable bonds is 6. The Bertz CT molecular complexity index is 1160. The van der Waals surface area contributed by atoms with E-state index < -0.39 is 17.7 Å². The molecular weight excluding hydrogens is 414 g/mol. The van der Waals surface area contributed by atoms with Gasteiger partial charge >= 0.3 is 0 Å². The number of benzene rings is 2. The van der Waals surface area contributed by atoms with E-state index in [4.69, 9.17) is 0 Å². The second kappa shape index (κ2) is 9.06. The van der Waals surface area contributed by atoms with Crippen LogP contribution in [0.4, 0.5) is 0 Å². The minimum atomic E-state index is -0.649. The molecule has 33 heavy (non-hydrogen) atoms. The molecule has 6 heteroatoms. The highest BCUT2D eigenvalue weighted by Gasteiger charge is 2.45. The molecule has 1 aliphatic heterocycles. The lowest BCUT2D eigenvalue weighted by Gasteiger charge is -2.26. The quantitative estimate of drug-likeness (QED) is 0.341. The van der Waals surface area contributed by atoms with Gasteiger partial charge in [0.15, 0.2) is 0 Å². The maximum absolute atomic E-state index is 13.1. The third kappa shape index (κ3) is 4.60. The van der Waals surface area contributed by atoms with E-state index in [0.717, 1.165) is 11.1 Å². The van der Waals surface area contributed by atoms with Crippen molar-refractivity contribution in [2.24, 2.45) is 0 Å². The highest BCUT2D eigenvalue weighted by molar-refractivity contribution is 6.46. The van der Waals surface area contributed by atoms with Crippen LogP contribution in [-0.4, -0.2) is 37.8 Å². The van der Waals surface area contributed by atoms with Crippen LogP contribution in [0, 0.1) is 0 Å². The van der Waals surface area contributed by atoms with Gasteiger partial charge in [-0.15, -0.1) is 0 Å². The van der Waals surface area contributed by atoms with E-state index in [9.17, 15) is 14.7 Å². The summed E-state index contributed by atoms with van der Waals surface area (Å²) >= 11 is 0. The lowest BCUT2D eigenvalue weighted by atomic mass is 9.85. The smallest absolute Gasteiger partial charge is 0.295 e. The van der Waals surface area contributed by atoms with Gasteiger partial charge in [-0.25, -0.2) is 4.98 Å². The topological polar surface area (TPSA) is 75.4 Å². The van der Waals surface area contributed by atoms with E-state index in [0.29, 0.717) is 25.1 Å². The number of aliphatic hydroxyl groups excluding tert-OH is 1. The van der Waals surface area contributed by atoms with Crippen LogP contribution in [0.1, 0.15) is 49.9 Å². The number of aryl methyl sites for hydroxylation is 1. The van der Waals surface area contributed by atoms with Crippen LogP contribution in [0.2, 0.25) is 0 Å². The molecule has 0 radical (unpaired) electrons. The molecule has 2 heterocycles. The summed E-state index contributed by atoms with van der Waals surface area (Å²) in [6.45, 7) is 7.48. The van der Waals surface area contributed by atoms with Gasteiger partial charge in [0.25, 0.3) is 11.7 Å². The van der Waals surface area contributed by atoms with Gasteiger partial charge in [0.2, 0.25) is 0 Å². The van der Waals surface area contributed by atoms with E-state index in [1.165, 1.54) is 0 Å². The van der Waals surface area contributed by atoms with Gasteiger partial charge in [0, 0.05) is 31.0 Å². The number of amides is 1. The lowest BCUT2D eigenvalue weighted by molar-refractivity contribution is -0.139. The molecule has 1 N–H and O–H groups in total. The van der Waals surface area contributed by atoms with Crippen molar-refractivity contribution >= 4 is 17.4 Å². The molecule has 1 saturated heterocycles. The summed E-state index contributed by atoms with van der Waals surface area (Å²) in [5.41, 5.74) is 2.60. The molecule has 6 nitrogen and oxygen atoms in total. The first-order valence-electron chi connectivity index (χ1n) is 11.2. The standard InChI is InChI=1S/C27H29N3O3/c1-27(2,3)21-12-10-19(11-13-21)23-22(24(31)20-8-5-4-6-9-20)25(32)26(33)30(23)16-7-15-29-17-14-28-18-29/h4-6,8-14,17-18,23,31H,7,15-16H2,1-3H3/b24-22-. The van der Waals surface area contributed by atoms with Crippen molar-refractivity contribution in [2.45, 2.75) is 45.2 Å². The monoisotopic (exact) mass is 443 g/mol. The molecule has 1 aromatic heterocycles. The lowest BCUT2D eigenvalue weighted by Crippen LogP contribution is -2.31. The van der Waals surface area contributed by atoms with Crippen LogP contribution in [0.5, 0.6) is 0 Å². The molecular formula is C27H29N3O3. The Labute approximate surface area is 194 Å². The average molecular weight is 444 g/mol. The first kappa shape index (κ1) is 22.5. The predicted molar refractivity (Wildman–Crippen MR) is 127 cm³/mol. The average Bonchev–Trinajstić information content (AvgIpc) is 3.41. The highest BCUT2D eigenvalue weighted by Crippen LogP contribution is 2.40. The predicted octanol–water partition coefficient (Wildman–Crippen LogP) is 4.69. The van der Waals surface area contributed by atoms with Crippen molar-refractivity contribution in [3.8, 4) is 0 Å². The first-order chi connectivity index (χ1) is 15.8. The first-order valence-corrected chi connectivity index (χ1v) is 11.2. The molecule has 1 atom stereocenters. The molecule has 0 spiro atoms. The Morgan fingerprint density at radius 1 is 1.00 bits per heavy atom. The van der Waals surface area contributed by atoms with Gasteiger partial charge in [-0.2, -0.15) is 0 Å². The number of carbonyl (C=O) groups is 2. The Hall–Kier alpha value is -3.67. The SMILES string of the molecule is CC(C)(C)c1ccc(C2/C(=C(/O)c3ccccc3)C(=O)C(=O)N2CCCn2ccnc2)cc1. The zero-order valence-corrected chi connectivity index (χ0v) is 19.2. The largest absolute Gasteiger partial charge is 0.507 e. The van der Waals surface area contributed by atoms with Crippen molar-refractivity contribution in [1.29, 1.82) is 0 Å². The second-order valence-corrected chi connectivity index (χ2v) is 9.38. The Morgan fingerprint density at radius 3 is 2.30 bits per heavy atom. The van der Waals surface area contributed by atoms with Crippen LogP contribution >= 0.6 is 0 Å². The number of aromatic nitrogens is 2. The number of carbonyl (C=O) groups excluding carboxylic acids is 2. The number of hydrogen-bond donors (Lipinski definition) is 1. The number of imidazole rings is 1. The molecule has 1 unspecified atom stereocenters. The van der Waals surface area contributed by atoms with E-state index in [1.807, 2.05) is 41.1 Å². The summed E-state index contributed by atoms with van der Waals surface area (Å²) in [6.07, 6.45) is 5.96. The number of ketones is 1. The van der Waals surface area contributed by atoms with Crippen molar-refractivity contribution in [1.82, 2.24) is 14.5 Å². The zero-order valence-electron chi connectivity index (χ0n) is 19.2. The molecule has 3 aromatic rings. The second-order valence-electron chi connectivity index (χ2n) is 9.38. The van der Waals surface area contributed by atoms with Crippen LogP contribution < -0.4 is 0 Å². The summed E-state index contributed by atoms with van der Waals surface area (Å²) in [7, 11) is 0. The van der Waals surface area contributed by atoms with E-state index in [1.54, 1.807) is 41.7 Å². The van der Waals surface area contributed by atoms with Gasteiger partial charge < -0.3 is 14.6 Å². The van der Waals surface area contributed by atoms with Crippen molar-refractivity contribution in [2.75, 3.05) is 6.54 Å². The number of nitrogens with zero attached hydrogens (tertiary/aromatic N) is 3. The van der Waals surface area contributed by atoms with Crippen LogP contribution in [0.25, 0.3) is 5.76 Å². The summed E-state index contributed by atoms with van der Waals surface area (Å²) < 4.78 is 1.94. The Morgan fingerprint density at radius 2 is 1.70 bits per heavy atom.